The molecule has 84 valence electrons. The maximum absolute atomic E-state index is 11.4. The molecule has 1 rings (SSSR count). The molecular formula is C6H10N4O4S. The van der Waals surface area contributed by atoms with Gasteiger partial charge in [-0.2, -0.15) is 9.40 Å². The first-order chi connectivity index (χ1) is 6.92. The van der Waals surface area contributed by atoms with Crippen molar-refractivity contribution < 1.29 is 18.3 Å². The fourth-order valence-electron chi connectivity index (χ4n) is 0.882. The second kappa shape index (κ2) is 4.36. The third kappa shape index (κ3) is 3.29. The first-order valence-corrected chi connectivity index (χ1v) is 5.53. The summed E-state index contributed by atoms with van der Waals surface area (Å²) in [6.07, 6.45) is 1.24. The second-order valence-corrected chi connectivity index (χ2v) is 4.91. The van der Waals surface area contributed by atoms with Crippen LogP contribution in [0.5, 0.6) is 0 Å². The smallest absolute Gasteiger partial charge is 0.320 e. The topological polar surface area (TPSA) is 116 Å². The van der Waals surface area contributed by atoms with Crippen LogP contribution in [0.4, 0.5) is 0 Å². The largest absolute Gasteiger partial charge is 0.480 e. The number of rotatable bonds is 5. The van der Waals surface area contributed by atoms with E-state index >= 15 is 0 Å². The summed E-state index contributed by atoms with van der Waals surface area (Å²) in [5, 5.41) is 14.4. The Morgan fingerprint density at radius 3 is 2.80 bits per heavy atom. The number of aliphatic carboxylic acids is 1. The van der Waals surface area contributed by atoms with Crippen molar-refractivity contribution in [3.63, 3.8) is 0 Å². The van der Waals surface area contributed by atoms with Crippen molar-refractivity contribution >= 4 is 16.0 Å². The average molecular weight is 234 g/mol. The van der Waals surface area contributed by atoms with Gasteiger partial charge in [-0.25, -0.2) is 13.4 Å². The Hall–Kier alpha value is -1.48. The van der Waals surface area contributed by atoms with Gasteiger partial charge in [0.2, 0.25) is 10.0 Å². The molecule has 0 unspecified atom stereocenters. The zero-order valence-corrected chi connectivity index (χ0v) is 8.73. The van der Waals surface area contributed by atoms with Crippen LogP contribution in [-0.2, 0) is 21.4 Å². The van der Waals surface area contributed by atoms with Crippen molar-refractivity contribution in [2.45, 2.75) is 6.54 Å². The van der Waals surface area contributed by atoms with Crippen molar-refractivity contribution in [1.29, 1.82) is 0 Å². The van der Waals surface area contributed by atoms with Gasteiger partial charge in [0.25, 0.3) is 0 Å². The summed E-state index contributed by atoms with van der Waals surface area (Å²) < 4.78 is 23.6. The number of nitrogens with one attached hydrogen (secondary N) is 1. The highest BCUT2D eigenvalue weighted by molar-refractivity contribution is 7.89. The lowest BCUT2D eigenvalue weighted by atomic mass is 10.6. The normalized spacial score (nSPS) is 11.9. The number of hydrogen-bond donors (Lipinski definition) is 2. The molecule has 0 radical (unpaired) electrons. The van der Waals surface area contributed by atoms with Crippen LogP contribution in [-0.4, -0.2) is 51.8 Å². The molecule has 0 spiro atoms. The molecule has 1 heterocycles. The quantitative estimate of drug-likeness (QED) is 0.650. The van der Waals surface area contributed by atoms with Gasteiger partial charge in [0, 0.05) is 7.05 Å². The summed E-state index contributed by atoms with van der Waals surface area (Å²) in [5.41, 5.74) is 0. The molecule has 0 atom stereocenters. The average Bonchev–Trinajstić information content (AvgIpc) is 2.54. The number of nitrogens with zero attached hydrogens (tertiary/aromatic N) is 3. The van der Waals surface area contributed by atoms with Crippen molar-refractivity contribution in [2.24, 2.45) is 0 Å². The van der Waals surface area contributed by atoms with Crippen LogP contribution in [0, 0.1) is 0 Å². The van der Waals surface area contributed by atoms with Crippen LogP contribution in [0.15, 0.2) is 6.33 Å². The van der Waals surface area contributed by atoms with Crippen LogP contribution in [0.1, 0.15) is 5.82 Å². The first kappa shape index (κ1) is 11.6. The fourth-order valence-corrected chi connectivity index (χ4v) is 1.73. The van der Waals surface area contributed by atoms with E-state index in [1.165, 1.54) is 13.4 Å². The molecule has 2 N–H and O–H groups in total. The van der Waals surface area contributed by atoms with Crippen LogP contribution >= 0.6 is 0 Å². The van der Waals surface area contributed by atoms with Gasteiger partial charge in [-0.1, -0.05) is 0 Å². The third-order valence-electron chi connectivity index (χ3n) is 1.62. The molecule has 9 heteroatoms. The maximum Gasteiger partial charge on any atom is 0.320 e. The number of hydrogen-bond acceptors (Lipinski definition) is 5. The van der Waals surface area contributed by atoms with Gasteiger partial charge in [0.05, 0.1) is 6.54 Å². The predicted octanol–water partition coefficient (Wildman–Crippen LogP) is -1.35. The van der Waals surface area contributed by atoms with E-state index in [4.69, 9.17) is 5.11 Å². The molecule has 0 fully saturated rings. The molecular weight excluding hydrogens is 224 g/mol. The summed E-state index contributed by atoms with van der Waals surface area (Å²) >= 11 is 0. The molecule has 0 saturated carbocycles. The van der Waals surface area contributed by atoms with Gasteiger partial charge in [0.15, 0.2) is 5.75 Å². The van der Waals surface area contributed by atoms with Crippen LogP contribution < -0.4 is 0 Å². The lowest BCUT2D eigenvalue weighted by Gasteiger charge is -2.13. The standard InChI is InChI=1S/C6H10N4O4S/c1-10(2-5-7-4-8-9-5)15(13,14)3-6(11)12/h4H,2-3H2,1H3,(H,11,12)(H,7,8,9). The van der Waals surface area contributed by atoms with Gasteiger partial charge in [-0.3, -0.25) is 9.89 Å². The van der Waals surface area contributed by atoms with Gasteiger partial charge in [-0.05, 0) is 0 Å². The molecule has 0 aromatic carbocycles. The Kier molecular flexibility index (Phi) is 3.37. The third-order valence-corrected chi connectivity index (χ3v) is 3.31. The monoisotopic (exact) mass is 234 g/mol. The minimum absolute atomic E-state index is 0.0321. The minimum atomic E-state index is -3.79. The van der Waals surface area contributed by atoms with E-state index in [0.717, 1.165) is 4.31 Å². The lowest BCUT2D eigenvalue weighted by Crippen LogP contribution is -2.32. The van der Waals surface area contributed by atoms with Gasteiger partial charge in [0.1, 0.15) is 12.2 Å². The summed E-state index contributed by atoms with van der Waals surface area (Å²) in [4.78, 5) is 14.0. The van der Waals surface area contributed by atoms with Gasteiger partial charge < -0.3 is 5.11 Å². The fraction of sp³-hybridized carbons (Fsp3) is 0.500. The van der Waals surface area contributed by atoms with Crippen LogP contribution in [0.3, 0.4) is 0 Å². The molecule has 0 aliphatic heterocycles. The summed E-state index contributed by atoms with van der Waals surface area (Å²) in [5.74, 6) is -1.97. The van der Waals surface area contributed by atoms with Crippen molar-refractivity contribution in [3.05, 3.63) is 12.2 Å². The molecule has 15 heavy (non-hydrogen) atoms. The van der Waals surface area contributed by atoms with Crippen molar-refractivity contribution in [2.75, 3.05) is 12.8 Å². The molecule has 0 aliphatic rings. The van der Waals surface area contributed by atoms with Crippen molar-refractivity contribution in [3.8, 4) is 0 Å². The molecule has 1 aromatic rings. The van der Waals surface area contributed by atoms with E-state index in [1.807, 2.05) is 0 Å². The second-order valence-electron chi connectivity index (χ2n) is 2.84. The summed E-state index contributed by atoms with van der Waals surface area (Å²) in [6, 6.07) is 0. The van der Waals surface area contributed by atoms with E-state index in [1.54, 1.807) is 0 Å². The van der Waals surface area contributed by atoms with E-state index in [9.17, 15) is 13.2 Å². The molecule has 8 nitrogen and oxygen atoms in total. The first-order valence-electron chi connectivity index (χ1n) is 3.92. The highest BCUT2D eigenvalue weighted by atomic mass is 32.2. The molecule has 0 aliphatic carbocycles. The van der Waals surface area contributed by atoms with E-state index in [2.05, 4.69) is 15.2 Å². The Balaban J connectivity index is 2.68. The van der Waals surface area contributed by atoms with E-state index in [-0.39, 0.29) is 6.54 Å². The highest BCUT2D eigenvalue weighted by Gasteiger charge is 2.22. The zero-order valence-electron chi connectivity index (χ0n) is 7.91. The zero-order chi connectivity index (χ0) is 11.5. The number of H-pyrrole nitrogens is 1. The number of aromatic nitrogens is 3. The Morgan fingerprint density at radius 1 is 1.67 bits per heavy atom. The molecule has 0 bridgehead atoms. The van der Waals surface area contributed by atoms with E-state index in [0.29, 0.717) is 5.82 Å². The Bertz CT molecular complexity index is 426. The van der Waals surface area contributed by atoms with Gasteiger partial charge >= 0.3 is 5.97 Å². The molecule has 0 saturated heterocycles. The number of carboxylic acids is 1. The number of carboxylic acid groups (broad SMARTS) is 1. The number of sulfonamides is 1. The van der Waals surface area contributed by atoms with Crippen LogP contribution in [0.2, 0.25) is 0 Å². The SMILES string of the molecule is CN(Cc1ncn[nH]1)S(=O)(=O)CC(=O)O. The maximum atomic E-state index is 11.4. The summed E-state index contributed by atoms with van der Waals surface area (Å²) in [7, 11) is -2.51. The Labute approximate surface area is 86.0 Å². The number of carbonyl (C=O) groups is 1. The molecule has 1 aromatic heterocycles. The predicted molar refractivity (Wildman–Crippen MR) is 49.3 cm³/mol. The highest BCUT2D eigenvalue weighted by Crippen LogP contribution is 2.02. The lowest BCUT2D eigenvalue weighted by molar-refractivity contribution is -0.134. The molecule has 0 amide bonds. The van der Waals surface area contributed by atoms with E-state index < -0.39 is 21.7 Å². The minimum Gasteiger partial charge on any atom is -0.480 e. The van der Waals surface area contributed by atoms with Gasteiger partial charge in [-0.15, -0.1) is 0 Å². The number of aromatic amines is 1. The van der Waals surface area contributed by atoms with Crippen molar-refractivity contribution in [1.82, 2.24) is 19.5 Å². The van der Waals surface area contributed by atoms with Crippen LogP contribution in [0.25, 0.3) is 0 Å². The Morgan fingerprint density at radius 2 is 2.33 bits per heavy atom. The summed E-state index contributed by atoms with van der Waals surface area (Å²) in [6.45, 7) is -0.0321.